The molecule has 0 amide bonds. The molecule has 4 heteroatoms. The van der Waals surface area contributed by atoms with Gasteiger partial charge in [-0.05, 0) is 36.4 Å². The Hall–Kier alpha value is -2.33. The predicted molar refractivity (Wildman–Crippen MR) is 82.4 cm³/mol. The number of benzene rings is 2. The Morgan fingerprint density at radius 2 is 1.70 bits per heavy atom. The van der Waals surface area contributed by atoms with Crippen LogP contribution in [-0.2, 0) is 6.54 Å². The van der Waals surface area contributed by atoms with E-state index in [1.165, 1.54) is 0 Å². The molecule has 0 aliphatic heterocycles. The Morgan fingerprint density at radius 1 is 0.950 bits per heavy atom. The van der Waals surface area contributed by atoms with Gasteiger partial charge in [0.2, 0.25) is 0 Å². The molecule has 1 aromatic heterocycles. The molecule has 0 saturated heterocycles. The fourth-order valence-corrected chi connectivity index (χ4v) is 2.34. The van der Waals surface area contributed by atoms with Gasteiger partial charge in [0.15, 0.2) is 0 Å². The summed E-state index contributed by atoms with van der Waals surface area (Å²) in [7, 11) is 0. The Morgan fingerprint density at radius 3 is 2.40 bits per heavy atom. The molecule has 0 saturated carbocycles. The third-order valence-corrected chi connectivity index (χ3v) is 3.43. The topological polar surface area (TPSA) is 34.1 Å². The number of nitrogens with zero attached hydrogens (tertiary/aromatic N) is 1. The lowest BCUT2D eigenvalue weighted by Crippen LogP contribution is -1.99. The van der Waals surface area contributed by atoms with Crippen molar-refractivity contribution in [1.29, 1.82) is 0 Å². The van der Waals surface area contributed by atoms with Crippen LogP contribution in [0.25, 0.3) is 0 Å². The number of anilines is 1. The van der Waals surface area contributed by atoms with Gasteiger partial charge in [0.1, 0.15) is 11.5 Å². The smallest absolute Gasteiger partial charge is 0.127 e. The van der Waals surface area contributed by atoms with Crippen LogP contribution in [-0.4, -0.2) is 4.98 Å². The van der Waals surface area contributed by atoms with E-state index in [4.69, 9.17) is 4.74 Å². The van der Waals surface area contributed by atoms with Gasteiger partial charge in [0.25, 0.3) is 0 Å². The number of para-hydroxylation sites is 1. The first-order valence-corrected chi connectivity index (χ1v) is 7.28. The average molecular weight is 282 g/mol. The van der Waals surface area contributed by atoms with Crippen LogP contribution in [0.4, 0.5) is 5.69 Å². The number of rotatable bonds is 5. The van der Waals surface area contributed by atoms with E-state index in [0.29, 0.717) is 0 Å². The number of thiazole rings is 1. The van der Waals surface area contributed by atoms with Gasteiger partial charge < -0.3 is 10.1 Å². The van der Waals surface area contributed by atoms with Crippen LogP contribution >= 0.6 is 11.3 Å². The van der Waals surface area contributed by atoms with Crippen LogP contribution in [0, 0.1) is 0 Å². The van der Waals surface area contributed by atoms with Gasteiger partial charge in [-0.1, -0.05) is 18.2 Å². The summed E-state index contributed by atoms with van der Waals surface area (Å²) in [5, 5.41) is 5.37. The molecule has 0 aliphatic carbocycles. The van der Waals surface area contributed by atoms with Crippen molar-refractivity contribution in [3.63, 3.8) is 0 Å². The van der Waals surface area contributed by atoms with Gasteiger partial charge in [-0.25, -0.2) is 4.98 Å². The first-order chi connectivity index (χ1) is 9.90. The number of hydrogen-bond donors (Lipinski definition) is 1. The predicted octanol–water partition coefficient (Wildman–Crippen LogP) is 4.55. The Labute approximate surface area is 121 Å². The molecule has 1 N–H and O–H groups in total. The second-order valence-corrected chi connectivity index (χ2v) is 4.99. The standard InChI is InChI=1S/C16H14N2OS/c1-2-4-15(5-3-1)19-16-8-6-13(7-9-16)17-10-14-11-20-12-18-14/h1-9,11-12,17H,10H2. The van der Waals surface area contributed by atoms with Crippen molar-refractivity contribution in [1.82, 2.24) is 4.98 Å². The third kappa shape index (κ3) is 3.36. The molecular weight excluding hydrogens is 268 g/mol. The zero-order valence-electron chi connectivity index (χ0n) is 10.8. The fourth-order valence-electron chi connectivity index (χ4n) is 1.78. The largest absolute Gasteiger partial charge is 0.457 e. The SMILES string of the molecule is c1ccc(Oc2ccc(NCc3cscn3)cc2)cc1. The molecule has 0 bridgehead atoms. The summed E-state index contributed by atoms with van der Waals surface area (Å²) in [4.78, 5) is 4.24. The van der Waals surface area contributed by atoms with Gasteiger partial charge in [-0.3, -0.25) is 0 Å². The van der Waals surface area contributed by atoms with E-state index in [9.17, 15) is 0 Å². The van der Waals surface area contributed by atoms with E-state index in [1.807, 2.05) is 65.5 Å². The molecule has 0 atom stereocenters. The molecule has 0 aliphatic rings. The maximum Gasteiger partial charge on any atom is 0.127 e. The molecule has 3 nitrogen and oxygen atoms in total. The molecule has 0 spiro atoms. The molecule has 0 fully saturated rings. The number of nitrogens with one attached hydrogen (secondary N) is 1. The van der Waals surface area contributed by atoms with Crippen LogP contribution in [0.15, 0.2) is 65.5 Å². The van der Waals surface area contributed by atoms with Crippen LogP contribution in [0.2, 0.25) is 0 Å². The van der Waals surface area contributed by atoms with E-state index in [0.717, 1.165) is 29.4 Å². The van der Waals surface area contributed by atoms with E-state index in [1.54, 1.807) is 11.3 Å². The van der Waals surface area contributed by atoms with Gasteiger partial charge in [-0.2, -0.15) is 0 Å². The van der Waals surface area contributed by atoms with Crippen molar-refractivity contribution in [2.45, 2.75) is 6.54 Å². The Balaban J connectivity index is 1.60. The van der Waals surface area contributed by atoms with Crippen molar-refractivity contribution in [3.05, 3.63) is 71.2 Å². The van der Waals surface area contributed by atoms with Crippen LogP contribution in [0.3, 0.4) is 0 Å². The monoisotopic (exact) mass is 282 g/mol. The highest BCUT2D eigenvalue weighted by Crippen LogP contribution is 2.22. The second-order valence-electron chi connectivity index (χ2n) is 4.27. The normalized spacial score (nSPS) is 10.2. The molecule has 0 radical (unpaired) electrons. The molecule has 2 aromatic carbocycles. The van der Waals surface area contributed by atoms with Gasteiger partial charge in [0.05, 0.1) is 17.7 Å². The van der Waals surface area contributed by atoms with E-state index >= 15 is 0 Å². The summed E-state index contributed by atoms with van der Waals surface area (Å²) < 4.78 is 5.75. The highest BCUT2D eigenvalue weighted by atomic mass is 32.1. The van der Waals surface area contributed by atoms with Gasteiger partial charge in [-0.15, -0.1) is 11.3 Å². The summed E-state index contributed by atoms with van der Waals surface area (Å²) in [5.41, 5.74) is 3.95. The summed E-state index contributed by atoms with van der Waals surface area (Å²) in [6.07, 6.45) is 0. The number of aromatic nitrogens is 1. The van der Waals surface area contributed by atoms with Gasteiger partial charge in [0, 0.05) is 11.1 Å². The number of ether oxygens (including phenoxy) is 1. The van der Waals surface area contributed by atoms with Gasteiger partial charge >= 0.3 is 0 Å². The lowest BCUT2D eigenvalue weighted by molar-refractivity contribution is 0.483. The van der Waals surface area contributed by atoms with Crippen molar-refractivity contribution in [2.75, 3.05) is 5.32 Å². The van der Waals surface area contributed by atoms with Crippen molar-refractivity contribution >= 4 is 17.0 Å². The minimum Gasteiger partial charge on any atom is -0.457 e. The summed E-state index contributed by atoms with van der Waals surface area (Å²) >= 11 is 1.61. The maximum atomic E-state index is 5.75. The lowest BCUT2D eigenvalue weighted by atomic mass is 10.3. The van der Waals surface area contributed by atoms with Crippen LogP contribution in [0.1, 0.15) is 5.69 Å². The second kappa shape index (κ2) is 6.21. The highest BCUT2D eigenvalue weighted by molar-refractivity contribution is 7.07. The Bertz CT molecular complexity index is 636. The minimum atomic E-state index is 0.738. The first kappa shape index (κ1) is 12.7. The van der Waals surface area contributed by atoms with Crippen molar-refractivity contribution in [3.8, 4) is 11.5 Å². The molecule has 3 aromatic rings. The number of hydrogen-bond acceptors (Lipinski definition) is 4. The maximum absolute atomic E-state index is 5.75. The van der Waals surface area contributed by atoms with E-state index < -0.39 is 0 Å². The quantitative estimate of drug-likeness (QED) is 0.745. The molecular formula is C16H14N2OS. The Kier molecular flexibility index (Phi) is 3.94. The van der Waals surface area contributed by atoms with E-state index in [2.05, 4.69) is 10.3 Å². The fraction of sp³-hybridized carbons (Fsp3) is 0.0625. The van der Waals surface area contributed by atoms with Crippen molar-refractivity contribution < 1.29 is 4.74 Å². The lowest BCUT2D eigenvalue weighted by Gasteiger charge is -2.08. The molecule has 100 valence electrons. The molecule has 1 heterocycles. The summed E-state index contributed by atoms with van der Waals surface area (Å²) in [6.45, 7) is 0.738. The van der Waals surface area contributed by atoms with Crippen LogP contribution < -0.4 is 10.1 Å². The third-order valence-electron chi connectivity index (χ3n) is 2.79. The average Bonchev–Trinajstić information content (AvgIpc) is 3.01. The molecule has 3 rings (SSSR count). The molecule has 20 heavy (non-hydrogen) atoms. The van der Waals surface area contributed by atoms with Crippen molar-refractivity contribution in [2.24, 2.45) is 0 Å². The zero-order chi connectivity index (χ0) is 13.6. The first-order valence-electron chi connectivity index (χ1n) is 6.34. The zero-order valence-corrected chi connectivity index (χ0v) is 11.6. The molecule has 0 unspecified atom stereocenters. The van der Waals surface area contributed by atoms with Crippen LogP contribution in [0.5, 0.6) is 11.5 Å². The minimum absolute atomic E-state index is 0.738. The summed E-state index contributed by atoms with van der Waals surface area (Å²) in [6, 6.07) is 17.7. The van der Waals surface area contributed by atoms with E-state index in [-0.39, 0.29) is 0 Å². The highest BCUT2D eigenvalue weighted by Gasteiger charge is 1.98. The summed E-state index contributed by atoms with van der Waals surface area (Å²) in [5.74, 6) is 1.67.